The van der Waals surface area contributed by atoms with Crippen LogP contribution in [0.1, 0.15) is 19.3 Å². The number of halogens is 2. The first-order valence-electron chi connectivity index (χ1n) is 3.74. The van der Waals surface area contributed by atoms with Gasteiger partial charge in [-0.25, -0.2) is 4.39 Å². The maximum atomic E-state index is 11.5. The van der Waals surface area contributed by atoms with Crippen LogP contribution in [-0.2, 0) is 0 Å². The van der Waals surface area contributed by atoms with Crippen LogP contribution in [0.5, 0.6) is 0 Å². The van der Waals surface area contributed by atoms with E-state index in [0.717, 1.165) is 18.3 Å². The Hall–Kier alpha value is 0.370. The van der Waals surface area contributed by atoms with E-state index in [1.54, 1.807) is 0 Å². The van der Waals surface area contributed by atoms with Gasteiger partial charge in [0.05, 0.1) is 0 Å². The van der Waals surface area contributed by atoms with Crippen molar-refractivity contribution in [3.63, 3.8) is 0 Å². The van der Waals surface area contributed by atoms with E-state index in [4.69, 9.17) is 0 Å². The SMILES string of the molecule is FCCNCCCCCBr. The van der Waals surface area contributed by atoms with E-state index < -0.39 is 0 Å². The number of hydrogen-bond donors (Lipinski definition) is 1. The molecule has 3 heteroatoms. The van der Waals surface area contributed by atoms with Crippen LogP contribution in [0.3, 0.4) is 0 Å². The lowest BCUT2D eigenvalue weighted by molar-refractivity contribution is 0.463. The summed E-state index contributed by atoms with van der Waals surface area (Å²) in [7, 11) is 0. The topological polar surface area (TPSA) is 12.0 Å². The zero-order chi connectivity index (χ0) is 7.66. The summed E-state index contributed by atoms with van der Waals surface area (Å²) in [6, 6.07) is 0. The average molecular weight is 212 g/mol. The monoisotopic (exact) mass is 211 g/mol. The van der Waals surface area contributed by atoms with Gasteiger partial charge in [-0.2, -0.15) is 0 Å². The Bertz CT molecular complexity index is 53.6. The fourth-order valence-electron chi connectivity index (χ4n) is 0.713. The Morgan fingerprint density at radius 2 is 1.90 bits per heavy atom. The summed E-state index contributed by atoms with van der Waals surface area (Å²) in [5.41, 5.74) is 0. The minimum Gasteiger partial charge on any atom is -0.314 e. The highest BCUT2D eigenvalue weighted by atomic mass is 79.9. The molecule has 1 nitrogen and oxygen atoms in total. The summed E-state index contributed by atoms with van der Waals surface area (Å²) < 4.78 is 11.5. The lowest BCUT2D eigenvalue weighted by atomic mass is 10.2. The van der Waals surface area contributed by atoms with Gasteiger partial charge >= 0.3 is 0 Å². The standard InChI is InChI=1S/C7H15BrFN/c8-4-2-1-3-6-10-7-5-9/h10H,1-7H2. The van der Waals surface area contributed by atoms with E-state index in [-0.39, 0.29) is 6.67 Å². The van der Waals surface area contributed by atoms with Crippen molar-refractivity contribution in [3.8, 4) is 0 Å². The second kappa shape index (κ2) is 9.37. The smallest absolute Gasteiger partial charge is 0.102 e. The molecule has 0 amide bonds. The molecular weight excluding hydrogens is 197 g/mol. The number of rotatable bonds is 7. The maximum absolute atomic E-state index is 11.5. The zero-order valence-corrected chi connectivity index (χ0v) is 7.79. The fraction of sp³-hybridized carbons (Fsp3) is 1.00. The molecule has 0 aliphatic rings. The molecule has 0 saturated carbocycles. The van der Waals surface area contributed by atoms with Gasteiger partial charge in [0, 0.05) is 11.9 Å². The van der Waals surface area contributed by atoms with E-state index in [1.807, 2.05) is 0 Å². The summed E-state index contributed by atoms with van der Waals surface area (Å²) >= 11 is 3.35. The second-order valence-electron chi connectivity index (χ2n) is 2.19. The Kier molecular flexibility index (Phi) is 9.72. The minimum absolute atomic E-state index is 0.252. The third-order valence-corrected chi connectivity index (χ3v) is 1.82. The molecule has 0 aromatic heterocycles. The molecule has 0 spiro atoms. The van der Waals surface area contributed by atoms with Crippen LogP contribution >= 0.6 is 15.9 Å². The van der Waals surface area contributed by atoms with Gasteiger partial charge in [-0.3, -0.25) is 0 Å². The highest BCUT2D eigenvalue weighted by Crippen LogP contribution is 1.96. The molecule has 0 radical (unpaired) electrons. The van der Waals surface area contributed by atoms with Crippen molar-refractivity contribution < 1.29 is 4.39 Å². The summed E-state index contributed by atoms with van der Waals surface area (Å²) in [5.74, 6) is 0. The van der Waals surface area contributed by atoms with Gasteiger partial charge in [-0.1, -0.05) is 22.4 Å². The highest BCUT2D eigenvalue weighted by Gasteiger charge is 1.87. The van der Waals surface area contributed by atoms with E-state index in [2.05, 4.69) is 21.2 Å². The molecule has 0 aliphatic heterocycles. The Balaban J connectivity index is 2.65. The largest absolute Gasteiger partial charge is 0.314 e. The molecule has 1 N–H and O–H groups in total. The molecule has 0 aromatic carbocycles. The molecule has 0 heterocycles. The predicted octanol–water partition coefficient (Wildman–Crippen LogP) is 2.11. The third kappa shape index (κ3) is 8.37. The van der Waals surface area contributed by atoms with Gasteiger partial charge < -0.3 is 5.32 Å². The molecule has 62 valence electrons. The average Bonchev–Trinajstić information content (AvgIpc) is 1.97. The lowest BCUT2D eigenvalue weighted by Gasteiger charge is -1.99. The molecule has 10 heavy (non-hydrogen) atoms. The zero-order valence-electron chi connectivity index (χ0n) is 6.21. The van der Waals surface area contributed by atoms with Crippen molar-refractivity contribution in [3.05, 3.63) is 0 Å². The molecule has 0 rings (SSSR count). The van der Waals surface area contributed by atoms with Crippen LogP contribution in [0.15, 0.2) is 0 Å². The van der Waals surface area contributed by atoms with Gasteiger partial charge in [-0.05, 0) is 19.4 Å². The maximum Gasteiger partial charge on any atom is 0.102 e. The highest BCUT2D eigenvalue weighted by molar-refractivity contribution is 9.09. The molecule has 0 bridgehead atoms. The van der Waals surface area contributed by atoms with Crippen LogP contribution in [0.25, 0.3) is 0 Å². The summed E-state index contributed by atoms with van der Waals surface area (Å²) in [6.45, 7) is 1.21. The number of hydrogen-bond acceptors (Lipinski definition) is 1. The van der Waals surface area contributed by atoms with E-state index in [1.165, 1.54) is 12.8 Å². The first-order valence-corrected chi connectivity index (χ1v) is 4.86. The van der Waals surface area contributed by atoms with Crippen molar-refractivity contribution in [1.82, 2.24) is 5.32 Å². The van der Waals surface area contributed by atoms with Crippen molar-refractivity contribution in [2.24, 2.45) is 0 Å². The lowest BCUT2D eigenvalue weighted by Crippen LogP contribution is -2.17. The number of nitrogens with one attached hydrogen (secondary N) is 1. The molecule has 0 unspecified atom stereocenters. The molecule has 0 atom stereocenters. The van der Waals surface area contributed by atoms with Crippen molar-refractivity contribution >= 4 is 15.9 Å². The fourth-order valence-corrected chi connectivity index (χ4v) is 1.11. The van der Waals surface area contributed by atoms with Gasteiger partial charge in [0.25, 0.3) is 0 Å². The Morgan fingerprint density at radius 3 is 2.50 bits per heavy atom. The summed E-state index contributed by atoms with van der Waals surface area (Å²) in [4.78, 5) is 0. The summed E-state index contributed by atoms with van der Waals surface area (Å²) in [5, 5.41) is 4.08. The van der Waals surface area contributed by atoms with Gasteiger partial charge in [0.15, 0.2) is 0 Å². The molecule has 0 aliphatic carbocycles. The normalized spacial score (nSPS) is 10.2. The third-order valence-electron chi connectivity index (χ3n) is 1.26. The van der Waals surface area contributed by atoms with Crippen LogP contribution in [0, 0.1) is 0 Å². The van der Waals surface area contributed by atoms with Gasteiger partial charge in [0.1, 0.15) is 6.67 Å². The van der Waals surface area contributed by atoms with Crippen molar-refractivity contribution in [2.45, 2.75) is 19.3 Å². The number of unbranched alkanes of at least 4 members (excludes halogenated alkanes) is 2. The first kappa shape index (κ1) is 10.4. The number of alkyl halides is 2. The minimum atomic E-state index is -0.252. The van der Waals surface area contributed by atoms with Gasteiger partial charge in [-0.15, -0.1) is 0 Å². The summed E-state index contributed by atoms with van der Waals surface area (Å²) in [6.07, 6.45) is 3.60. The van der Waals surface area contributed by atoms with Crippen molar-refractivity contribution in [1.29, 1.82) is 0 Å². The second-order valence-corrected chi connectivity index (χ2v) is 2.98. The Labute approximate surface area is 70.5 Å². The first-order chi connectivity index (χ1) is 4.91. The van der Waals surface area contributed by atoms with Gasteiger partial charge in [0.2, 0.25) is 0 Å². The van der Waals surface area contributed by atoms with E-state index >= 15 is 0 Å². The molecule has 0 aromatic rings. The molecule has 0 fully saturated rings. The molecular formula is C7H15BrFN. The van der Waals surface area contributed by atoms with Crippen LogP contribution in [0.4, 0.5) is 4.39 Å². The van der Waals surface area contributed by atoms with Crippen molar-refractivity contribution in [2.75, 3.05) is 25.1 Å². The van der Waals surface area contributed by atoms with Crippen LogP contribution in [-0.4, -0.2) is 25.1 Å². The van der Waals surface area contributed by atoms with E-state index in [9.17, 15) is 4.39 Å². The quantitative estimate of drug-likeness (QED) is 0.503. The predicted molar refractivity (Wildman–Crippen MR) is 46.5 cm³/mol. The van der Waals surface area contributed by atoms with E-state index in [0.29, 0.717) is 6.54 Å². The Morgan fingerprint density at radius 1 is 1.10 bits per heavy atom. The van der Waals surface area contributed by atoms with Crippen LogP contribution < -0.4 is 5.32 Å². The van der Waals surface area contributed by atoms with Crippen LogP contribution in [0.2, 0.25) is 0 Å². The molecule has 0 saturated heterocycles.